The fraction of sp³-hybridized carbons (Fsp3) is 0.192. The molecule has 0 aliphatic carbocycles. The second-order valence-electron chi connectivity index (χ2n) is 7.30. The highest BCUT2D eigenvalue weighted by Gasteiger charge is 2.36. The number of carbonyl (C=O) groups is 2. The number of ether oxygens (including phenoxy) is 2. The van der Waals surface area contributed by atoms with E-state index in [1.165, 1.54) is 17.8 Å². The lowest BCUT2D eigenvalue weighted by atomic mass is 9.82. The number of rotatable bonds is 9. The molecule has 0 saturated carbocycles. The Balaban J connectivity index is 1.96. The number of benzene rings is 2. The van der Waals surface area contributed by atoms with Crippen LogP contribution >= 0.6 is 23.4 Å². The van der Waals surface area contributed by atoms with Crippen LogP contribution in [0.1, 0.15) is 28.8 Å². The summed E-state index contributed by atoms with van der Waals surface area (Å²) in [5.41, 5.74) is 2.24. The zero-order valence-electron chi connectivity index (χ0n) is 18.8. The molecule has 0 radical (unpaired) electrons. The van der Waals surface area contributed by atoms with Gasteiger partial charge < -0.3 is 14.8 Å². The smallest absolute Gasteiger partial charge is 0.337 e. The zero-order valence-corrected chi connectivity index (χ0v) is 20.3. The minimum atomic E-state index is -0.740. The number of dihydropyridines is 1. The number of allylic oxidation sites excluding steroid dienone is 2. The number of nitrogens with zero attached hydrogens (tertiary/aromatic N) is 1. The number of Topliss-reactive ketones (excluding diaryl/α,β-unsaturated/α-hetero) is 1. The van der Waals surface area contributed by atoms with Crippen LogP contribution < -0.4 is 10.1 Å². The largest absolute Gasteiger partial charge is 0.497 e. The predicted octanol–water partition coefficient (Wildman–Crippen LogP) is 5.39. The van der Waals surface area contributed by atoms with Crippen LogP contribution in [0.4, 0.5) is 0 Å². The molecule has 3 rings (SSSR count). The van der Waals surface area contributed by atoms with E-state index in [4.69, 9.17) is 21.1 Å². The highest BCUT2D eigenvalue weighted by atomic mass is 35.5. The van der Waals surface area contributed by atoms with E-state index in [-0.39, 0.29) is 29.3 Å². The molecule has 2 aromatic rings. The number of carbonyl (C=O) groups excluding carboxylic acids is 2. The Morgan fingerprint density at radius 2 is 1.94 bits per heavy atom. The van der Waals surface area contributed by atoms with Gasteiger partial charge in [-0.05, 0) is 42.8 Å². The lowest BCUT2D eigenvalue weighted by molar-refractivity contribution is -0.138. The van der Waals surface area contributed by atoms with Crippen molar-refractivity contribution in [1.82, 2.24) is 5.32 Å². The molecule has 0 unspecified atom stereocenters. The van der Waals surface area contributed by atoms with Crippen LogP contribution in [0.3, 0.4) is 0 Å². The summed E-state index contributed by atoms with van der Waals surface area (Å²) >= 11 is 7.67. The molecule has 0 amide bonds. The van der Waals surface area contributed by atoms with Gasteiger partial charge in [0.05, 0.1) is 41.0 Å². The van der Waals surface area contributed by atoms with Crippen molar-refractivity contribution in [2.45, 2.75) is 12.8 Å². The number of hydrogen-bond donors (Lipinski definition) is 1. The molecule has 0 bridgehead atoms. The van der Waals surface area contributed by atoms with Gasteiger partial charge in [-0.3, -0.25) is 4.79 Å². The number of ketones is 1. The summed E-state index contributed by atoms with van der Waals surface area (Å²) < 4.78 is 10.4. The Hall–Kier alpha value is -3.47. The number of methoxy groups -OCH3 is 1. The van der Waals surface area contributed by atoms with E-state index in [0.29, 0.717) is 32.6 Å². The summed E-state index contributed by atoms with van der Waals surface area (Å²) in [5, 5.41) is 14.1. The summed E-state index contributed by atoms with van der Waals surface area (Å²) in [6.07, 6.45) is 1.47. The van der Waals surface area contributed by atoms with Crippen LogP contribution in [0.25, 0.3) is 0 Å². The molecule has 0 aromatic heterocycles. The number of nitrogens with one attached hydrogen (secondary N) is 1. The van der Waals surface area contributed by atoms with Crippen molar-refractivity contribution >= 4 is 35.1 Å². The normalized spacial score (nSPS) is 15.3. The van der Waals surface area contributed by atoms with Crippen LogP contribution in [0, 0.1) is 11.3 Å². The van der Waals surface area contributed by atoms with Gasteiger partial charge in [0.2, 0.25) is 0 Å². The average molecular weight is 495 g/mol. The highest BCUT2D eigenvalue weighted by molar-refractivity contribution is 8.03. The van der Waals surface area contributed by atoms with E-state index in [1.807, 2.05) is 0 Å². The van der Waals surface area contributed by atoms with E-state index >= 15 is 0 Å². The van der Waals surface area contributed by atoms with Gasteiger partial charge in [0.1, 0.15) is 12.4 Å². The molecule has 1 atom stereocenters. The molecule has 1 N–H and O–H groups in total. The summed E-state index contributed by atoms with van der Waals surface area (Å²) in [4.78, 5) is 25.7. The third-order valence-corrected chi connectivity index (χ3v) is 6.54. The van der Waals surface area contributed by atoms with Gasteiger partial charge in [0, 0.05) is 16.3 Å². The monoisotopic (exact) mass is 494 g/mol. The van der Waals surface area contributed by atoms with Crippen molar-refractivity contribution in [1.29, 1.82) is 5.26 Å². The number of halogens is 1. The highest BCUT2D eigenvalue weighted by Crippen LogP contribution is 2.43. The lowest BCUT2D eigenvalue weighted by Crippen LogP contribution is -2.29. The summed E-state index contributed by atoms with van der Waals surface area (Å²) in [5.74, 6) is -0.659. The second-order valence-corrected chi connectivity index (χ2v) is 8.69. The first kappa shape index (κ1) is 25.2. The quantitative estimate of drug-likeness (QED) is 0.284. The van der Waals surface area contributed by atoms with E-state index < -0.39 is 11.9 Å². The van der Waals surface area contributed by atoms with Crippen molar-refractivity contribution in [3.63, 3.8) is 0 Å². The van der Waals surface area contributed by atoms with Crippen LogP contribution in [-0.2, 0) is 9.53 Å². The Morgan fingerprint density at radius 1 is 1.24 bits per heavy atom. The molecule has 34 heavy (non-hydrogen) atoms. The predicted molar refractivity (Wildman–Crippen MR) is 134 cm³/mol. The molecule has 6 nitrogen and oxygen atoms in total. The number of esters is 1. The first-order valence-corrected chi connectivity index (χ1v) is 11.7. The van der Waals surface area contributed by atoms with Gasteiger partial charge in [-0.25, -0.2) is 4.79 Å². The third kappa shape index (κ3) is 5.53. The minimum Gasteiger partial charge on any atom is -0.497 e. The van der Waals surface area contributed by atoms with Crippen molar-refractivity contribution in [3.05, 3.63) is 99.2 Å². The Bertz CT molecular complexity index is 1210. The lowest BCUT2D eigenvalue weighted by Gasteiger charge is -2.29. The fourth-order valence-electron chi connectivity index (χ4n) is 3.53. The Labute approximate surface area is 207 Å². The van der Waals surface area contributed by atoms with Gasteiger partial charge in [-0.1, -0.05) is 54.2 Å². The van der Waals surface area contributed by atoms with Crippen LogP contribution in [0.2, 0.25) is 5.02 Å². The maximum Gasteiger partial charge on any atom is 0.337 e. The number of hydrogen-bond acceptors (Lipinski definition) is 7. The van der Waals surface area contributed by atoms with E-state index in [1.54, 1.807) is 62.6 Å². The van der Waals surface area contributed by atoms with Crippen molar-refractivity contribution in [3.8, 4) is 11.8 Å². The summed E-state index contributed by atoms with van der Waals surface area (Å²) in [6, 6.07) is 16.1. The van der Waals surface area contributed by atoms with Crippen LogP contribution in [0.5, 0.6) is 5.75 Å². The van der Waals surface area contributed by atoms with Crippen LogP contribution in [0.15, 0.2) is 83.1 Å². The molecule has 8 heteroatoms. The molecule has 0 saturated heterocycles. The standard InChI is InChI=1S/C26H23ClN2O4S/c1-4-13-33-26(31)23-16(2)29-25(20(14-28)24(23)19-7-5-6-8-21(19)27)34-15-22(30)17-9-11-18(32-3)12-10-17/h4-12,24,29H,1,13,15H2,2-3H3/t24-/m1/s1. The van der Waals surface area contributed by atoms with Gasteiger partial charge >= 0.3 is 5.97 Å². The van der Waals surface area contributed by atoms with E-state index in [9.17, 15) is 14.9 Å². The topological polar surface area (TPSA) is 88.4 Å². The van der Waals surface area contributed by atoms with Gasteiger partial charge in [0.25, 0.3) is 0 Å². The molecule has 1 aliphatic rings. The SMILES string of the molecule is C=CCOC(=O)C1=C(C)NC(SCC(=O)c2ccc(OC)cc2)=C(C#N)[C@H]1c1ccccc1Cl. The molecule has 174 valence electrons. The van der Waals surface area contributed by atoms with Crippen molar-refractivity contribution < 1.29 is 19.1 Å². The van der Waals surface area contributed by atoms with Gasteiger partial charge in [-0.15, -0.1) is 0 Å². The molecule has 0 spiro atoms. The minimum absolute atomic E-state index is 0.0361. The third-order valence-electron chi connectivity index (χ3n) is 5.18. The van der Waals surface area contributed by atoms with E-state index in [2.05, 4.69) is 18.0 Å². The van der Waals surface area contributed by atoms with Crippen molar-refractivity contribution in [2.24, 2.45) is 0 Å². The second kappa shape index (κ2) is 11.6. The molecule has 0 fully saturated rings. The molecule has 1 heterocycles. The first-order chi connectivity index (χ1) is 16.4. The summed E-state index contributed by atoms with van der Waals surface area (Å²) in [7, 11) is 1.56. The van der Waals surface area contributed by atoms with Crippen molar-refractivity contribution in [2.75, 3.05) is 19.5 Å². The molecular formula is C26H23ClN2O4S. The molecule has 1 aliphatic heterocycles. The molecular weight excluding hydrogens is 472 g/mol. The number of thioether (sulfide) groups is 1. The Morgan fingerprint density at radius 3 is 2.56 bits per heavy atom. The van der Waals surface area contributed by atoms with Gasteiger partial charge in [-0.2, -0.15) is 5.26 Å². The Kier molecular flexibility index (Phi) is 8.58. The fourth-order valence-corrected chi connectivity index (χ4v) is 4.76. The first-order valence-electron chi connectivity index (χ1n) is 10.4. The number of nitriles is 1. The maximum absolute atomic E-state index is 12.9. The average Bonchev–Trinajstić information content (AvgIpc) is 2.85. The van der Waals surface area contributed by atoms with E-state index in [0.717, 1.165) is 0 Å². The van der Waals surface area contributed by atoms with Crippen LogP contribution in [-0.4, -0.2) is 31.2 Å². The maximum atomic E-state index is 12.9. The summed E-state index contributed by atoms with van der Waals surface area (Å²) in [6.45, 7) is 5.34. The zero-order chi connectivity index (χ0) is 24.7. The molecule has 2 aromatic carbocycles. The van der Waals surface area contributed by atoms with Gasteiger partial charge in [0.15, 0.2) is 5.78 Å².